The van der Waals surface area contributed by atoms with E-state index >= 15 is 0 Å². The Balaban J connectivity index is 1.78. The van der Waals surface area contributed by atoms with Gasteiger partial charge < -0.3 is 9.52 Å². The zero-order valence-electron chi connectivity index (χ0n) is 13.9. The molecule has 21 heavy (non-hydrogen) atoms. The summed E-state index contributed by atoms with van der Waals surface area (Å²) >= 11 is 0. The maximum Gasteiger partial charge on any atom is 0.132 e. The Bertz CT molecular complexity index is 305. The molecule has 0 aromatic carbocycles. The van der Waals surface area contributed by atoms with Gasteiger partial charge >= 0.3 is 0 Å². The molecule has 0 spiro atoms. The maximum absolute atomic E-state index is 9.88. The molecule has 1 unspecified atom stereocenters. The molecule has 0 saturated carbocycles. The minimum Gasteiger partial charge on any atom is -0.467 e. The third kappa shape index (κ3) is 9.73. The molecule has 0 radical (unpaired) electrons. The minimum atomic E-state index is -0.414. The van der Waals surface area contributed by atoms with Crippen molar-refractivity contribution in [1.82, 2.24) is 0 Å². The van der Waals surface area contributed by atoms with E-state index in [1.807, 2.05) is 12.1 Å². The molecule has 0 amide bonds. The predicted molar refractivity (Wildman–Crippen MR) is 89.4 cm³/mol. The molecule has 1 atom stereocenters. The summed E-state index contributed by atoms with van der Waals surface area (Å²) in [5, 5.41) is 9.88. The SMILES string of the molecule is CCCCCCCCCCCCCCC(O)c1ccco1. The largest absolute Gasteiger partial charge is 0.467 e. The zero-order chi connectivity index (χ0) is 15.2. The van der Waals surface area contributed by atoms with Gasteiger partial charge in [0.15, 0.2) is 0 Å². The molecular weight excluding hydrogens is 260 g/mol. The number of aliphatic hydroxyl groups is 1. The first-order valence-electron chi connectivity index (χ1n) is 9.06. The Kier molecular flexibility index (Phi) is 11.3. The summed E-state index contributed by atoms with van der Waals surface area (Å²) in [4.78, 5) is 0. The van der Waals surface area contributed by atoms with Crippen molar-refractivity contribution in [2.24, 2.45) is 0 Å². The highest BCUT2D eigenvalue weighted by Crippen LogP contribution is 2.20. The van der Waals surface area contributed by atoms with Gasteiger partial charge in [0.25, 0.3) is 0 Å². The van der Waals surface area contributed by atoms with Crippen molar-refractivity contribution >= 4 is 0 Å². The zero-order valence-corrected chi connectivity index (χ0v) is 13.9. The lowest BCUT2D eigenvalue weighted by molar-refractivity contribution is 0.136. The molecular formula is C19H34O2. The number of hydrogen-bond acceptors (Lipinski definition) is 2. The van der Waals surface area contributed by atoms with Crippen LogP contribution in [0.3, 0.4) is 0 Å². The molecule has 2 heteroatoms. The average molecular weight is 294 g/mol. The van der Waals surface area contributed by atoms with Crippen molar-refractivity contribution in [2.45, 2.75) is 96.5 Å². The third-order valence-electron chi connectivity index (χ3n) is 4.20. The molecule has 0 bridgehead atoms. The van der Waals surface area contributed by atoms with Crippen molar-refractivity contribution in [3.63, 3.8) is 0 Å². The molecule has 1 aromatic heterocycles. The fourth-order valence-electron chi connectivity index (χ4n) is 2.80. The molecule has 122 valence electrons. The van der Waals surface area contributed by atoms with Crippen LogP contribution in [0.25, 0.3) is 0 Å². The number of unbranched alkanes of at least 4 members (excludes halogenated alkanes) is 11. The summed E-state index contributed by atoms with van der Waals surface area (Å²) in [5.74, 6) is 0.707. The lowest BCUT2D eigenvalue weighted by atomic mass is 10.0. The molecule has 1 heterocycles. The van der Waals surface area contributed by atoms with Gasteiger partial charge in [-0.1, -0.05) is 84.0 Å². The van der Waals surface area contributed by atoms with E-state index in [9.17, 15) is 5.11 Å². The van der Waals surface area contributed by atoms with E-state index in [0.717, 1.165) is 12.8 Å². The van der Waals surface area contributed by atoms with Crippen molar-refractivity contribution in [2.75, 3.05) is 0 Å². The van der Waals surface area contributed by atoms with Gasteiger partial charge in [0.1, 0.15) is 11.9 Å². The maximum atomic E-state index is 9.88. The van der Waals surface area contributed by atoms with Gasteiger partial charge in [-0.05, 0) is 18.6 Å². The van der Waals surface area contributed by atoms with Crippen molar-refractivity contribution in [1.29, 1.82) is 0 Å². The van der Waals surface area contributed by atoms with Crippen LogP contribution in [0.15, 0.2) is 22.8 Å². The molecule has 0 saturated heterocycles. The second kappa shape index (κ2) is 12.9. The van der Waals surface area contributed by atoms with Crippen LogP contribution in [0.2, 0.25) is 0 Å². The summed E-state index contributed by atoms with van der Waals surface area (Å²) in [6.45, 7) is 2.27. The smallest absolute Gasteiger partial charge is 0.132 e. The van der Waals surface area contributed by atoms with E-state index in [1.165, 1.54) is 70.6 Å². The molecule has 0 aliphatic carbocycles. The van der Waals surface area contributed by atoms with Crippen LogP contribution < -0.4 is 0 Å². The summed E-state index contributed by atoms with van der Waals surface area (Å²) in [7, 11) is 0. The quantitative estimate of drug-likeness (QED) is 0.402. The van der Waals surface area contributed by atoms with Crippen molar-refractivity contribution < 1.29 is 9.52 Å². The normalized spacial score (nSPS) is 12.7. The molecule has 2 nitrogen and oxygen atoms in total. The monoisotopic (exact) mass is 294 g/mol. The van der Waals surface area contributed by atoms with E-state index in [2.05, 4.69) is 6.92 Å². The molecule has 0 fully saturated rings. The molecule has 1 aromatic rings. The van der Waals surface area contributed by atoms with Crippen LogP contribution in [0.5, 0.6) is 0 Å². The Morgan fingerprint density at radius 2 is 1.38 bits per heavy atom. The highest BCUT2D eigenvalue weighted by Gasteiger charge is 2.08. The van der Waals surface area contributed by atoms with Gasteiger partial charge in [-0.2, -0.15) is 0 Å². The second-order valence-electron chi connectivity index (χ2n) is 6.21. The van der Waals surface area contributed by atoms with Gasteiger partial charge in [0.2, 0.25) is 0 Å². The number of aliphatic hydroxyl groups excluding tert-OH is 1. The van der Waals surface area contributed by atoms with E-state index in [4.69, 9.17) is 4.42 Å². The summed E-state index contributed by atoms with van der Waals surface area (Å²) in [6.07, 6.45) is 18.3. The van der Waals surface area contributed by atoms with Gasteiger partial charge in [-0.3, -0.25) is 0 Å². The second-order valence-corrected chi connectivity index (χ2v) is 6.21. The highest BCUT2D eigenvalue weighted by molar-refractivity contribution is 5.01. The van der Waals surface area contributed by atoms with E-state index in [0.29, 0.717) is 5.76 Å². The lowest BCUT2D eigenvalue weighted by Gasteiger charge is -2.07. The molecule has 1 rings (SSSR count). The van der Waals surface area contributed by atoms with Crippen molar-refractivity contribution in [3.05, 3.63) is 24.2 Å². The van der Waals surface area contributed by atoms with Gasteiger partial charge in [-0.25, -0.2) is 0 Å². The third-order valence-corrected chi connectivity index (χ3v) is 4.20. The van der Waals surface area contributed by atoms with Crippen LogP contribution in [0, 0.1) is 0 Å². The number of hydrogen-bond donors (Lipinski definition) is 1. The fourth-order valence-corrected chi connectivity index (χ4v) is 2.80. The standard InChI is InChI=1S/C19H34O2/c1-2-3-4-5-6-7-8-9-10-11-12-13-15-18(20)19-16-14-17-21-19/h14,16-18,20H,2-13,15H2,1H3. The van der Waals surface area contributed by atoms with Crippen LogP contribution in [0.4, 0.5) is 0 Å². The van der Waals surface area contributed by atoms with Gasteiger partial charge in [0, 0.05) is 0 Å². The van der Waals surface area contributed by atoms with Crippen LogP contribution in [-0.2, 0) is 0 Å². The minimum absolute atomic E-state index is 0.414. The predicted octanol–water partition coefficient (Wildman–Crippen LogP) is 6.40. The first-order chi connectivity index (χ1) is 10.3. The van der Waals surface area contributed by atoms with E-state index in [1.54, 1.807) is 6.26 Å². The van der Waals surface area contributed by atoms with Crippen LogP contribution >= 0.6 is 0 Å². The van der Waals surface area contributed by atoms with E-state index in [-0.39, 0.29) is 0 Å². The van der Waals surface area contributed by atoms with E-state index < -0.39 is 6.10 Å². The number of rotatable bonds is 14. The van der Waals surface area contributed by atoms with Gasteiger partial charge in [0.05, 0.1) is 6.26 Å². The van der Waals surface area contributed by atoms with Crippen LogP contribution in [-0.4, -0.2) is 5.11 Å². The Morgan fingerprint density at radius 3 is 1.86 bits per heavy atom. The summed E-state index contributed by atoms with van der Waals surface area (Å²) in [5.41, 5.74) is 0. The molecule has 1 N–H and O–H groups in total. The topological polar surface area (TPSA) is 33.4 Å². The first-order valence-corrected chi connectivity index (χ1v) is 9.06. The molecule has 0 aliphatic heterocycles. The summed E-state index contributed by atoms with van der Waals surface area (Å²) in [6, 6.07) is 3.69. The van der Waals surface area contributed by atoms with Crippen LogP contribution in [0.1, 0.15) is 102 Å². The molecule has 0 aliphatic rings. The number of furan rings is 1. The Morgan fingerprint density at radius 1 is 0.857 bits per heavy atom. The van der Waals surface area contributed by atoms with Crippen molar-refractivity contribution in [3.8, 4) is 0 Å². The summed E-state index contributed by atoms with van der Waals surface area (Å²) < 4.78 is 5.20. The van der Waals surface area contributed by atoms with Gasteiger partial charge in [-0.15, -0.1) is 0 Å². The average Bonchev–Trinajstić information content (AvgIpc) is 3.02. The highest BCUT2D eigenvalue weighted by atomic mass is 16.4. The Hall–Kier alpha value is -0.760. The Labute approximate surface area is 130 Å². The lowest BCUT2D eigenvalue weighted by Crippen LogP contribution is -1.95. The fraction of sp³-hybridized carbons (Fsp3) is 0.789. The first kappa shape index (κ1) is 18.3.